The van der Waals surface area contributed by atoms with Crippen molar-refractivity contribution in [2.75, 3.05) is 25.5 Å². The van der Waals surface area contributed by atoms with Crippen molar-refractivity contribution in [2.24, 2.45) is 5.92 Å². The van der Waals surface area contributed by atoms with Gasteiger partial charge < -0.3 is 4.90 Å². The molecule has 0 bridgehead atoms. The van der Waals surface area contributed by atoms with Gasteiger partial charge in [0.1, 0.15) is 0 Å². The van der Waals surface area contributed by atoms with Gasteiger partial charge in [-0.2, -0.15) is 0 Å². The van der Waals surface area contributed by atoms with Crippen LogP contribution >= 0.6 is 0 Å². The van der Waals surface area contributed by atoms with Gasteiger partial charge >= 0.3 is 0 Å². The Morgan fingerprint density at radius 1 is 1.33 bits per heavy atom. The predicted octanol–water partition coefficient (Wildman–Crippen LogP) is 1.87. The fourth-order valence-electron chi connectivity index (χ4n) is 2.45. The molecule has 1 heterocycles. The molecule has 1 aromatic carbocycles. The standard InChI is InChI=1S/C15H22N2O3S/c1-11(2)9-15(18)17-8-7-12-5-6-13(10-14(12)17)21(19,20)16(3)4/h5-6,10-11H,7-9H2,1-4H3. The molecule has 0 aliphatic carbocycles. The molecule has 0 saturated carbocycles. The summed E-state index contributed by atoms with van der Waals surface area (Å²) in [5.41, 5.74) is 1.77. The highest BCUT2D eigenvalue weighted by Crippen LogP contribution is 2.32. The molecule has 0 radical (unpaired) electrons. The zero-order chi connectivity index (χ0) is 15.8. The van der Waals surface area contributed by atoms with E-state index >= 15 is 0 Å². The molecule has 0 saturated heterocycles. The first-order valence-electron chi connectivity index (χ1n) is 7.09. The van der Waals surface area contributed by atoms with E-state index in [1.54, 1.807) is 17.0 Å². The molecule has 1 amide bonds. The van der Waals surface area contributed by atoms with E-state index in [4.69, 9.17) is 0 Å². The Morgan fingerprint density at radius 2 is 2.00 bits per heavy atom. The molecule has 0 N–H and O–H groups in total. The van der Waals surface area contributed by atoms with Crippen molar-refractivity contribution in [3.8, 4) is 0 Å². The van der Waals surface area contributed by atoms with Crippen molar-refractivity contribution in [2.45, 2.75) is 31.6 Å². The maximum absolute atomic E-state index is 12.3. The van der Waals surface area contributed by atoms with E-state index in [1.165, 1.54) is 18.4 Å². The third kappa shape index (κ3) is 3.11. The van der Waals surface area contributed by atoms with E-state index in [2.05, 4.69) is 0 Å². The number of nitrogens with zero attached hydrogens (tertiary/aromatic N) is 2. The van der Waals surface area contributed by atoms with Crippen LogP contribution in [0.15, 0.2) is 23.1 Å². The second-order valence-electron chi connectivity index (χ2n) is 5.97. The quantitative estimate of drug-likeness (QED) is 0.853. The van der Waals surface area contributed by atoms with Crippen LogP contribution in [0.4, 0.5) is 5.69 Å². The minimum absolute atomic E-state index is 0.0585. The molecule has 2 rings (SSSR count). The van der Waals surface area contributed by atoms with Crippen LogP contribution in [0.25, 0.3) is 0 Å². The number of carbonyl (C=O) groups is 1. The lowest BCUT2D eigenvalue weighted by Crippen LogP contribution is -2.30. The summed E-state index contributed by atoms with van der Waals surface area (Å²) >= 11 is 0. The molecule has 6 heteroatoms. The smallest absolute Gasteiger partial charge is 0.242 e. The van der Waals surface area contributed by atoms with Gasteiger partial charge in [-0.3, -0.25) is 4.79 Å². The number of carbonyl (C=O) groups excluding carboxylic acids is 1. The van der Waals surface area contributed by atoms with Crippen LogP contribution in [0.5, 0.6) is 0 Å². The van der Waals surface area contributed by atoms with Crippen LogP contribution in [0.1, 0.15) is 25.8 Å². The third-order valence-corrected chi connectivity index (χ3v) is 5.43. The largest absolute Gasteiger partial charge is 0.312 e. The lowest BCUT2D eigenvalue weighted by Gasteiger charge is -2.20. The second-order valence-corrected chi connectivity index (χ2v) is 8.12. The van der Waals surface area contributed by atoms with Crippen LogP contribution in [-0.4, -0.2) is 39.3 Å². The summed E-state index contributed by atoms with van der Waals surface area (Å²) in [7, 11) is -0.467. The predicted molar refractivity (Wildman–Crippen MR) is 82.8 cm³/mol. The number of anilines is 1. The van der Waals surface area contributed by atoms with Crippen LogP contribution in [0, 0.1) is 5.92 Å². The molecule has 0 atom stereocenters. The molecule has 0 spiro atoms. The minimum Gasteiger partial charge on any atom is -0.312 e. The Hall–Kier alpha value is -1.40. The first-order chi connectivity index (χ1) is 9.73. The number of benzene rings is 1. The molecular formula is C15H22N2O3S. The Kier molecular flexibility index (Phi) is 4.39. The van der Waals surface area contributed by atoms with Crippen LogP contribution < -0.4 is 4.90 Å². The number of rotatable bonds is 4. The fraction of sp³-hybridized carbons (Fsp3) is 0.533. The summed E-state index contributed by atoms with van der Waals surface area (Å²) in [6, 6.07) is 5.05. The Balaban J connectivity index is 2.38. The van der Waals surface area contributed by atoms with Gasteiger partial charge in [0.15, 0.2) is 0 Å². The highest BCUT2D eigenvalue weighted by molar-refractivity contribution is 7.89. The minimum atomic E-state index is -3.48. The number of amides is 1. The molecule has 0 unspecified atom stereocenters. The van der Waals surface area contributed by atoms with E-state index in [1.807, 2.05) is 19.9 Å². The molecular weight excluding hydrogens is 288 g/mol. The second kappa shape index (κ2) is 5.77. The first kappa shape index (κ1) is 16.0. The van der Waals surface area contributed by atoms with Crippen molar-refractivity contribution in [1.82, 2.24) is 4.31 Å². The topological polar surface area (TPSA) is 57.7 Å². The Morgan fingerprint density at radius 3 is 2.57 bits per heavy atom. The van der Waals surface area contributed by atoms with E-state index in [-0.39, 0.29) is 16.7 Å². The zero-order valence-corrected chi connectivity index (χ0v) is 13.8. The zero-order valence-electron chi connectivity index (χ0n) is 13.0. The molecule has 5 nitrogen and oxygen atoms in total. The van der Waals surface area contributed by atoms with E-state index in [0.717, 1.165) is 17.7 Å². The van der Waals surface area contributed by atoms with Crippen LogP contribution in [0.2, 0.25) is 0 Å². The number of hydrogen-bond acceptors (Lipinski definition) is 3. The van der Waals surface area contributed by atoms with Gasteiger partial charge in [-0.05, 0) is 30.0 Å². The lowest BCUT2D eigenvalue weighted by molar-refractivity contribution is -0.119. The average Bonchev–Trinajstić information content (AvgIpc) is 2.80. The van der Waals surface area contributed by atoms with E-state index in [9.17, 15) is 13.2 Å². The van der Waals surface area contributed by atoms with Gasteiger partial charge in [0.25, 0.3) is 0 Å². The highest BCUT2D eigenvalue weighted by atomic mass is 32.2. The highest BCUT2D eigenvalue weighted by Gasteiger charge is 2.27. The van der Waals surface area contributed by atoms with Crippen molar-refractivity contribution in [1.29, 1.82) is 0 Å². The Labute approximate surface area is 126 Å². The molecule has 0 fully saturated rings. The van der Waals surface area contributed by atoms with Gasteiger partial charge in [0, 0.05) is 32.7 Å². The maximum atomic E-state index is 12.3. The van der Waals surface area contributed by atoms with Crippen molar-refractivity contribution >= 4 is 21.6 Å². The summed E-state index contributed by atoms with van der Waals surface area (Å²) in [5.74, 6) is 0.346. The molecule has 1 aromatic rings. The van der Waals surface area contributed by atoms with Crippen molar-refractivity contribution in [3.63, 3.8) is 0 Å². The van der Waals surface area contributed by atoms with Crippen LogP contribution in [0.3, 0.4) is 0 Å². The van der Waals surface area contributed by atoms with Crippen molar-refractivity contribution in [3.05, 3.63) is 23.8 Å². The first-order valence-corrected chi connectivity index (χ1v) is 8.53. The molecule has 0 aromatic heterocycles. The average molecular weight is 310 g/mol. The third-order valence-electron chi connectivity index (χ3n) is 3.61. The molecule has 1 aliphatic rings. The molecule has 1 aliphatic heterocycles. The van der Waals surface area contributed by atoms with Crippen molar-refractivity contribution < 1.29 is 13.2 Å². The summed E-state index contributed by atoms with van der Waals surface area (Å²) < 4.78 is 25.6. The van der Waals surface area contributed by atoms with Gasteiger partial charge in [0.05, 0.1) is 4.90 Å². The van der Waals surface area contributed by atoms with Gasteiger partial charge in [0.2, 0.25) is 15.9 Å². The Bertz CT molecular complexity index is 651. The number of hydrogen-bond donors (Lipinski definition) is 0. The fourth-order valence-corrected chi connectivity index (χ4v) is 3.37. The lowest BCUT2D eigenvalue weighted by atomic mass is 10.1. The van der Waals surface area contributed by atoms with Crippen LogP contribution in [-0.2, 0) is 21.2 Å². The van der Waals surface area contributed by atoms with E-state index in [0.29, 0.717) is 13.0 Å². The summed E-state index contributed by atoms with van der Waals surface area (Å²) in [4.78, 5) is 14.2. The van der Waals surface area contributed by atoms with Gasteiger partial charge in [-0.15, -0.1) is 0 Å². The van der Waals surface area contributed by atoms with E-state index < -0.39 is 10.0 Å². The molecule has 116 valence electrons. The SMILES string of the molecule is CC(C)CC(=O)N1CCc2ccc(S(=O)(=O)N(C)C)cc21. The monoisotopic (exact) mass is 310 g/mol. The summed E-state index contributed by atoms with van der Waals surface area (Å²) in [6.45, 7) is 4.63. The number of fused-ring (bicyclic) bond motifs is 1. The summed E-state index contributed by atoms with van der Waals surface area (Å²) in [6.07, 6.45) is 1.26. The normalized spacial score (nSPS) is 14.9. The van der Waals surface area contributed by atoms with Gasteiger partial charge in [-0.1, -0.05) is 19.9 Å². The number of sulfonamides is 1. The van der Waals surface area contributed by atoms with Gasteiger partial charge in [-0.25, -0.2) is 12.7 Å². The molecule has 21 heavy (non-hydrogen) atoms. The summed E-state index contributed by atoms with van der Waals surface area (Å²) in [5, 5.41) is 0. The maximum Gasteiger partial charge on any atom is 0.242 e.